The number of hydrogen-bond acceptors (Lipinski definition) is 10. The number of aliphatic hydroxyl groups is 1. The molecule has 4 aliphatic heterocycles. The van der Waals surface area contributed by atoms with E-state index >= 15 is 0 Å². The van der Waals surface area contributed by atoms with Crippen LogP contribution in [0.15, 0.2) is 15.0 Å². The molecule has 11 nitrogen and oxygen atoms in total. The van der Waals surface area contributed by atoms with Crippen molar-refractivity contribution in [2.45, 2.75) is 128 Å². The first-order valence-corrected chi connectivity index (χ1v) is 18.3. The van der Waals surface area contributed by atoms with Gasteiger partial charge in [0.15, 0.2) is 18.4 Å². The normalized spacial score (nSPS) is 33.5. The van der Waals surface area contributed by atoms with Crippen molar-refractivity contribution in [3.05, 3.63) is 0 Å². The molecule has 6 atom stereocenters. The van der Waals surface area contributed by atoms with Gasteiger partial charge in [-0.1, -0.05) is 69.2 Å². The number of nitrogens with zero attached hydrogens (tertiary/aromatic N) is 4. The maximum Gasteiger partial charge on any atom is 0.335 e. The Balaban J connectivity index is 1.62. The van der Waals surface area contributed by atoms with Gasteiger partial charge in [0.2, 0.25) is 5.91 Å². The first-order chi connectivity index (χ1) is 18.2. The van der Waals surface area contributed by atoms with Crippen LogP contribution in [0.25, 0.3) is 0 Å². The van der Waals surface area contributed by atoms with Gasteiger partial charge in [-0.3, -0.25) is 9.79 Å². The fourth-order valence-corrected chi connectivity index (χ4v) is 17.3. The Hall–Kier alpha value is -1.49. The summed E-state index contributed by atoms with van der Waals surface area (Å²) in [4.78, 5) is 27.5. The zero-order valence-corrected chi connectivity index (χ0v) is 27.0. The highest BCUT2D eigenvalue weighted by Gasteiger charge is 2.62. The number of hydrogen-bond donors (Lipinski definition) is 2. The Kier molecular flexibility index (Phi) is 8.92. The highest BCUT2D eigenvalue weighted by Crippen LogP contribution is 2.48. The third-order valence-corrected chi connectivity index (χ3v) is 18.6. The number of amidine groups is 1. The van der Waals surface area contributed by atoms with E-state index in [2.05, 4.69) is 75.7 Å². The first kappa shape index (κ1) is 30.5. The second-order valence-electron chi connectivity index (χ2n) is 12.6. The van der Waals surface area contributed by atoms with Gasteiger partial charge in [-0.05, 0) is 22.2 Å². The number of aliphatic imine (C=N–C) groups is 3. The summed E-state index contributed by atoms with van der Waals surface area (Å²) in [6, 6.07) is -0.496. The number of fused-ring (bicyclic) bond motifs is 2. The molecule has 0 saturated carbocycles. The van der Waals surface area contributed by atoms with Gasteiger partial charge in [0.25, 0.3) is 0 Å². The molecule has 0 unspecified atom stereocenters. The number of aliphatic hydroxyl groups excluding tert-OH is 1. The average Bonchev–Trinajstić information content (AvgIpc) is 3.39. The van der Waals surface area contributed by atoms with Crippen molar-refractivity contribution < 1.29 is 27.6 Å². The van der Waals surface area contributed by atoms with Crippen molar-refractivity contribution in [1.82, 2.24) is 10.2 Å². The van der Waals surface area contributed by atoms with E-state index in [0.717, 1.165) is 0 Å². The lowest BCUT2D eigenvalue weighted by atomic mass is 10.1. The van der Waals surface area contributed by atoms with Crippen molar-refractivity contribution >= 4 is 41.5 Å². The van der Waals surface area contributed by atoms with Gasteiger partial charge < -0.3 is 33.0 Å². The van der Waals surface area contributed by atoms with Crippen LogP contribution in [-0.2, 0) is 22.5 Å². The molecule has 0 aliphatic carbocycles. The first-order valence-electron chi connectivity index (χ1n) is 14.3. The van der Waals surface area contributed by atoms with Gasteiger partial charge >= 0.3 is 17.1 Å². The Morgan fingerprint density at radius 3 is 2.18 bits per heavy atom. The minimum atomic E-state index is -2.90. The monoisotopic (exact) mass is 581 g/mol. The van der Waals surface area contributed by atoms with Crippen LogP contribution in [0.1, 0.15) is 69.2 Å². The third kappa shape index (κ3) is 5.31. The number of carbonyl (C=O) groups is 1. The molecule has 0 bridgehead atoms. The molecule has 4 heterocycles. The molecule has 220 valence electrons. The van der Waals surface area contributed by atoms with Crippen molar-refractivity contribution in [2.24, 2.45) is 20.9 Å². The van der Waals surface area contributed by atoms with Gasteiger partial charge in [0, 0.05) is 5.92 Å². The molecule has 0 aromatic heterocycles. The molecule has 13 heteroatoms. The van der Waals surface area contributed by atoms with Gasteiger partial charge in [0.05, 0.1) is 12.9 Å². The molecule has 0 radical (unpaired) electrons. The summed E-state index contributed by atoms with van der Waals surface area (Å²) in [6.45, 7) is 21.3. The average molecular weight is 582 g/mol. The van der Waals surface area contributed by atoms with E-state index in [1.807, 2.05) is 13.8 Å². The highest BCUT2D eigenvalue weighted by atomic mass is 28.5. The Morgan fingerprint density at radius 1 is 1.00 bits per heavy atom. The lowest BCUT2D eigenvalue weighted by molar-refractivity contribution is -0.122. The van der Waals surface area contributed by atoms with Gasteiger partial charge in [-0.2, -0.15) is 0 Å². The molecular weight excluding hydrogens is 534 g/mol. The Labute approximate surface area is 235 Å². The Morgan fingerprint density at radius 2 is 1.62 bits per heavy atom. The number of nitrogens with one attached hydrogen (secondary N) is 1. The summed E-state index contributed by atoms with van der Waals surface area (Å²) in [5, 5.41) is 14.6. The zero-order valence-electron chi connectivity index (χ0n) is 25.0. The molecule has 2 fully saturated rings. The predicted molar refractivity (Wildman–Crippen MR) is 155 cm³/mol. The van der Waals surface area contributed by atoms with E-state index in [1.54, 1.807) is 11.2 Å². The largest absolute Gasteiger partial charge is 0.414 e. The minimum Gasteiger partial charge on any atom is -0.414 e. The van der Waals surface area contributed by atoms with Gasteiger partial charge in [-0.15, -0.1) is 0 Å². The van der Waals surface area contributed by atoms with Crippen molar-refractivity contribution in [3.8, 4) is 0 Å². The topological polar surface area (TPSA) is 127 Å². The van der Waals surface area contributed by atoms with E-state index in [9.17, 15) is 9.90 Å². The molecule has 2 saturated heterocycles. The van der Waals surface area contributed by atoms with Crippen LogP contribution >= 0.6 is 0 Å². The van der Waals surface area contributed by atoms with Crippen molar-refractivity contribution in [2.75, 3.05) is 6.61 Å². The lowest BCUT2D eigenvalue weighted by Crippen LogP contribution is -2.66. The summed E-state index contributed by atoms with van der Waals surface area (Å²) in [7, 11) is -5.63. The molecule has 4 rings (SSSR count). The number of amides is 1. The SMILES string of the molecule is CC(C)C(=O)NC1=NC=N[C@H]2[C@@H]1N=CN2[C@@H]1O[C@@H]2CO[Si](C(C)C)(C(C)C)O[Si](C(C)C)(C(C)C)O[C@H]2[C@H]1O. The van der Waals surface area contributed by atoms with Crippen LogP contribution < -0.4 is 5.32 Å². The molecular formula is C26H47N5O6Si2. The van der Waals surface area contributed by atoms with Crippen LogP contribution in [0.4, 0.5) is 0 Å². The smallest absolute Gasteiger partial charge is 0.335 e. The number of carbonyl (C=O) groups excluding carboxylic acids is 1. The molecule has 1 amide bonds. The maximum atomic E-state index is 12.3. The van der Waals surface area contributed by atoms with Crippen LogP contribution in [0.2, 0.25) is 22.2 Å². The van der Waals surface area contributed by atoms with Crippen LogP contribution in [0.3, 0.4) is 0 Å². The zero-order chi connectivity index (χ0) is 28.9. The van der Waals surface area contributed by atoms with Gasteiger partial charge in [0.1, 0.15) is 30.5 Å². The number of ether oxygens (including phenoxy) is 1. The van der Waals surface area contributed by atoms with E-state index in [1.165, 1.54) is 6.34 Å². The summed E-state index contributed by atoms with van der Waals surface area (Å²) < 4.78 is 27.6. The third-order valence-electron chi connectivity index (χ3n) is 8.36. The second-order valence-corrected chi connectivity index (χ2v) is 21.5. The van der Waals surface area contributed by atoms with Crippen LogP contribution in [0, 0.1) is 5.92 Å². The fraction of sp³-hybridized carbons (Fsp3) is 0.846. The van der Waals surface area contributed by atoms with Crippen LogP contribution in [0.5, 0.6) is 0 Å². The molecule has 39 heavy (non-hydrogen) atoms. The van der Waals surface area contributed by atoms with Crippen molar-refractivity contribution in [1.29, 1.82) is 0 Å². The second kappa shape index (κ2) is 11.4. The molecule has 4 aliphatic rings. The predicted octanol–water partition coefficient (Wildman–Crippen LogP) is 3.28. The summed E-state index contributed by atoms with van der Waals surface area (Å²) >= 11 is 0. The molecule has 0 aromatic carbocycles. The van der Waals surface area contributed by atoms with E-state index in [0.29, 0.717) is 5.84 Å². The summed E-state index contributed by atoms with van der Waals surface area (Å²) in [5.74, 6) is 0.111. The van der Waals surface area contributed by atoms with E-state index < -0.39 is 53.9 Å². The quantitative estimate of drug-likeness (QED) is 0.461. The standard InChI is InChI=1S/C26H47N5O6Si2/c1-14(2)25(33)30-23-20-24(28-12-27-23)31(13-29-20)26-21(32)22-19(35-26)11-34-38(15(3)4,16(5)6)37-39(36-22,17(7)8)18(9)10/h12-22,24,26,32H,11H2,1-10H3,(H,27,28,30,33)/t19-,20-,21-,22-,24-,26-/m1/s1. The summed E-state index contributed by atoms with van der Waals surface area (Å²) in [6.07, 6.45) is -0.260. The van der Waals surface area contributed by atoms with Gasteiger partial charge in [-0.25, -0.2) is 9.98 Å². The molecule has 0 spiro atoms. The molecule has 2 N–H and O–H groups in total. The van der Waals surface area contributed by atoms with Crippen molar-refractivity contribution in [3.63, 3.8) is 0 Å². The minimum absolute atomic E-state index is 0.135. The highest BCUT2D eigenvalue weighted by molar-refractivity contribution is 6.84. The Bertz CT molecular complexity index is 987. The summed E-state index contributed by atoms with van der Waals surface area (Å²) in [5.41, 5.74) is 0.705. The lowest BCUT2D eigenvalue weighted by Gasteiger charge is -2.51. The van der Waals surface area contributed by atoms with Crippen LogP contribution in [-0.4, -0.2) is 94.9 Å². The maximum absolute atomic E-state index is 12.3. The fourth-order valence-electron chi connectivity index (χ4n) is 6.04. The van der Waals surface area contributed by atoms with E-state index in [-0.39, 0.29) is 40.6 Å². The molecule has 0 aromatic rings. The van der Waals surface area contributed by atoms with E-state index in [4.69, 9.17) is 17.7 Å². The number of rotatable bonds is 6.